The Kier molecular flexibility index (Phi) is 3.46. The Morgan fingerprint density at radius 3 is 2.88 bits per heavy atom. The summed E-state index contributed by atoms with van der Waals surface area (Å²) in [6, 6.07) is 0.175. The summed E-state index contributed by atoms with van der Waals surface area (Å²) in [5.74, 6) is -0.162. The Labute approximate surface area is 104 Å². The number of thiazole rings is 1. The minimum Gasteiger partial charge on any atom is -0.383 e. The van der Waals surface area contributed by atoms with Crippen molar-refractivity contribution in [3.63, 3.8) is 0 Å². The van der Waals surface area contributed by atoms with Gasteiger partial charge in [0.2, 0.25) is 0 Å². The van der Waals surface area contributed by atoms with Gasteiger partial charge in [-0.25, -0.2) is 4.98 Å². The topological polar surface area (TPSA) is 88.2 Å². The van der Waals surface area contributed by atoms with E-state index in [0.717, 1.165) is 12.8 Å². The van der Waals surface area contributed by atoms with Crippen LogP contribution in [0.1, 0.15) is 40.4 Å². The molecule has 0 radical (unpaired) electrons. The second-order valence-electron chi connectivity index (χ2n) is 4.48. The molecule has 1 heterocycles. The molecule has 1 aromatic heterocycles. The fraction of sp³-hybridized carbons (Fsp3) is 0.636. The first-order valence-electron chi connectivity index (χ1n) is 5.71. The monoisotopic (exact) mass is 255 g/mol. The third-order valence-electron chi connectivity index (χ3n) is 3.21. The van der Waals surface area contributed by atoms with Crippen molar-refractivity contribution >= 4 is 17.2 Å². The third kappa shape index (κ3) is 2.48. The zero-order valence-corrected chi connectivity index (χ0v) is 10.6. The lowest BCUT2D eigenvalue weighted by atomic mass is 9.83. The van der Waals surface area contributed by atoms with E-state index in [1.807, 2.05) is 0 Å². The fourth-order valence-electron chi connectivity index (χ4n) is 2.05. The number of hydrogen-bond acceptors (Lipinski definition) is 5. The van der Waals surface area contributed by atoms with Gasteiger partial charge in [-0.15, -0.1) is 11.3 Å². The average molecular weight is 255 g/mol. The molecule has 5 nitrogen and oxygen atoms in total. The molecular weight excluding hydrogens is 238 g/mol. The van der Waals surface area contributed by atoms with Gasteiger partial charge in [-0.1, -0.05) is 0 Å². The SMILES string of the molecule is CNC(=O)c1cnc(C2(O)CCC(N)CC2)s1. The van der Waals surface area contributed by atoms with Gasteiger partial charge in [0.25, 0.3) is 5.91 Å². The van der Waals surface area contributed by atoms with Crippen LogP contribution in [0.25, 0.3) is 0 Å². The Morgan fingerprint density at radius 2 is 2.29 bits per heavy atom. The summed E-state index contributed by atoms with van der Waals surface area (Å²) in [5, 5.41) is 13.7. The summed E-state index contributed by atoms with van der Waals surface area (Å²) in [6.07, 6.45) is 4.35. The van der Waals surface area contributed by atoms with Crippen molar-refractivity contribution in [2.24, 2.45) is 5.73 Å². The number of carbonyl (C=O) groups excluding carboxylic acids is 1. The molecule has 0 atom stereocenters. The number of aliphatic hydroxyl groups is 1. The van der Waals surface area contributed by atoms with Gasteiger partial charge in [0, 0.05) is 13.1 Å². The van der Waals surface area contributed by atoms with Crippen LogP contribution in [0.3, 0.4) is 0 Å². The van der Waals surface area contributed by atoms with Gasteiger partial charge in [0.05, 0.1) is 6.20 Å². The van der Waals surface area contributed by atoms with E-state index in [1.165, 1.54) is 17.5 Å². The molecule has 0 spiro atoms. The quantitative estimate of drug-likeness (QED) is 0.721. The van der Waals surface area contributed by atoms with E-state index in [9.17, 15) is 9.90 Å². The van der Waals surface area contributed by atoms with Gasteiger partial charge in [0.15, 0.2) is 0 Å². The molecule has 1 aliphatic rings. The largest absolute Gasteiger partial charge is 0.383 e. The number of nitrogens with one attached hydrogen (secondary N) is 1. The maximum absolute atomic E-state index is 11.4. The van der Waals surface area contributed by atoms with Crippen molar-refractivity contribution < 1.29 is 9.90 Å². The maximum Gasteiger partial charge on any atom is 0.262 e. The Balaban J connectivity index is 2.16. The molecule has 6 heteroatoms. The van der Waals surface area contributed by atoms with Gasteiger partial charge in [-0.3, -0.25) is 4.79 Å². The van der Waals surface area contributed by atoms with Crippen molar-refractivity contribution in [2.75, 3.05) is 7.05 Å². The second kappa shape index (κ2) is 4.72. The van der Waals surface area contributed by atoms with Gasteiger partial charge in [-0.2, -0.15) is 0 Å². The smallest absolute Gasteiger partial charge is 0.262 e. The van der Waals surface area contributed by atoms with E-state index in [0.29, 0.717) is 22.7 Å². The molecule has 4 N–H and O–H groups in total. The molecule has 1 amide bonds. The van der Waals surface area contributed by atoms with Crippen LogP contribution >= 0.6 is 11.3 Å². The molecule has 2 rings (SSSR count). The first kappa shape index (κ1) is 12.5. The molecule has 0 bridgehead atoms. The van der Waals surface area contributed by atoms with Crippen molar-refractivity contribution in [3.8, 4) is 0 Å². The van der Waals surface area contributed by atoms with E-state index in [2.05, 4.69) is 10.3 Å². The first-order valence-corrected chi connectivity index (χ1v) is 6.53. The second-order valence-corrected chi connectivity index (χ2v) is 5.51. The molecule has 1 saturated carbocycles. The highest BCUT2D eigenvalue weighted by Crippen LogP contribution is 2.38. The first-order chi connectivity index (χ1) is 8.05. The number of hydrogen-bond donors (Lipinski definition) is 3. The van der Waals surface area contributed by atoms with Crippen molar-refractivity contribution in [2.45, 2.75) is 37.3 Å². The van der Waals surface area contributed by atoms with E-state index in [-0.39, 0.29) is 11.9 Å². The normalized spacial score (nSPS) is 29.0. The zero-order chi connectivity index (χ0) is 12.5. The summed E-state index contributed by atoms with van der Waals surface area (Å²) >= 11 is 1.26. The van der Waals surface area contributed by atoms with Crippen LogP contribution in [0, 0.1) is 0 Å². The van der Waals surface area contributed by atoms with Crippen LogP contribution in [-0.4, -0.2) is 29.1 Å². The lowest BCUT2D eigenvalue weighted by molar-refractivity contribution is -0.00513. The highest BCUT2D eigenvalue weighted by Gasteiger charge is 2.36. The summed E-state index contributed by atoms with van der Waals surface area (Å²) < 4.78 is 0. The summed E-state index contributed by atoms with van der Waals surface area (Å²) in [4.78, 5) is 16.1. The van der Waals surface area contributed by atoms with Crippen LogP contribution in [0.5, 0.6) is 0 Å². The van der Waals surface area contributed by atoms with Crippen LogP contribution in [-0.2, 0) is 5.60 Å². The summed E-state index contributed by atoms with van der Waals surface area (Å²) in [6.45, 7) is 0. The molecule has 94 valence electrons. The fourth-order valence-corrected chi connectivity index (χ4v) is 3.06. The van der Waals surface area contributed by atoms with Gasteiger partial charge >= 0.3 is 0 Å². The Bertz CT molecular complexity index is 411. The number of nitrogens with zero attached hydrogens (tertiary/aromatic N) is 1. The number of nitrogens with two attached hydrogens (primary N) is 1. The average Bonchev–Trinajstić information content (AvgIpc) is 2.82. The molecule has 0 aromatic carbocycles. The van der Waals surface area contributed by atoms with Crippen molar-refractivity contribution in [3.05, 3.63) is 16.1 Å². The maximum atomic E-state index is 11.4. The van der Waals surface area contributed by atoms with Crippen LogP contribution in [0.2, 0.25) is 0 Å². The van der Waals surface area contributed by atoms with E-state index in [1.54, 1.807) is 7.05 Å². The minimum absolute atomic E-state index is 0.162. The van der Waals surface area contributed by atoms with Crippen LogP contribution in [0.4, 0.5) is 0 Å². The standard InChI is InChI=1S/C11H17N3O2S/c1-13-9(15)8-6-14-10(17-8)11(16)4-2-7(12)3-5-11/h6-7,16H,2-5,12H2,1H3,(H,13,15). The van der Waals surface area contributed by atoms with E-state index in [4.69, 9.17) is 5.73 Å². The summed E-state index contributed by atoms with van der Waals surface area (Å²) in [7, 11) is 1.58. The van der Waals surface area contributed by atoms with E-state index < -0.39 is 5.60 Å². The minimum atomic E-state index is -0.896. The molecule has 0 unspecified atom stereocenters. The molecule has 17 heavy (non-hydrogen) atoms. The molecule has 1 aliphatic carbocycles. The number of aromatic nitrogens is 1. The molecule has 0 saturated heterocycles. The highest BCUT2D eigenvalue weighted by atomic mass is 32.1. The Hall–Kier alpha value is -0.980. The van der Waals surface area contributed by atoms with Crippen molar-refractivity contribution in [1.29, 1.82) is 0 Å². The predicted molar refractivity (Wildman–Crippen MR) is 65.8 cm³/mol. The highest BCUT2D eigenvalue weighted by molar-refractivity contribution is 7.13. The van der Waals surface area contributed by atoms with Gasteiger partial charge in [0.1, 0.15) is 15.5 Å². The van der Waals surface area contributed by atoms with Crippen molar-refractivity contribution in [1.82, 2.24) is 10.3 Å². The molecule has 1 fully saturated rings. The van der Waals surface area contributed by atoms with E-state index >= 15 is 0 Å². The molecule has 0 aliphatic heterocycles. The van der Waals surface area contributed by atoms with Crippen LogP contribution in [0.15, 0.2) is 6.20 Å². The van der Waals surface area contributed by atoms with Gasteiger partial charge in [-0.05, 0) is 25.7 Å². The van der Waals surface area contributed by atoms with Crippen LogP contribution < -0.4 is 11.1 Å². The third-order valence-corrected chi connectivity index (χ3v) is 4.40. The molecule has 1 aromatic rings. The predicted octanol–water partition coefficient (Wildman–Crippen LogP) is 0.592. The number of carbonyl (C=O) groups is 1. The Morgan fingerprint density at radius 1 is 1.65 bits per heavy atom. The lowest BCUT2D eigenvalue weighted by Gasteiger charge is -2.32. The lowest BCUT2D eigenvalue weighted by Crippen LogP contribution is -2.36. The van der Waals surface area contributed by atoms with Gasteiger partial charge < -0.3 is 16.2 Å². The summed E-state index contributed by atoms with van der Waals surface area (Å²) in [5.41, 5.74) is 4.92. The zero-order valence-electron chi connectivity index (χ0n) is 9.77. The molecular formula is C11H17N3O2S. The number of amides is 1. The number of rotatable bonds is 2.